The van der Waals surface area contributed by atoms with Gasteiger partial charge < -0.3 is 15.8 Å². The molecule has 0 spiro atoms. The predicted molar refractivity (Wildman–Crippen MR) is 71.5 cm³/mol. The van der Waals surface area contributed by atoms with Crippen LogP contribution in [0.3, 0.4) is 0 Å². The van der Waals surface area contributed by atoms with Crippen LogP contribution in [0.15, 0.2) is 0 Å². The Hall–Kier alpha value is -0.810. The van der Waals surface area contributed by atoms with Gasteiger partial charge in [-0.2, -0.15) is 0 Å². The highest BCUT2D eigenvalue weighted by molar-refractivity contribution is 5.90. The van der Waals surface area contributed by atoms with Crippen molar-refractivity contribution in [3.05, 3.63) is 0 Å². The van der Waals surface area contributed by atoms with E-state index in [4.69, 9.17) is 5.73 Å². The summed E-state index contributed by atoms with van der Waals surface area (Å²) in [6.07, 6.45) is 4.96. The molecule has 0 heterocycles. The van der Waals surface area contributed by atoms with Crippen molar-refractivity contribution in [2.24, 2.45) is 5.73 Å². The highest BCUT2D eigenvalue weighted by Gasteiger charge is 2.37. The number of nitrogens with two attached hydrogens (primary N) is 1. The van der Waals surface area contributed by atoms with Crippen molar-refractivity contribution < 1.29 is 14.3 Å². The Morgan fingerprint density at radius 3 is 2.33 bits per heavy atom. The number of carbonyl (C=O) groups is 2. The molecule has 1 fully saturated rings. The molecule has 1 rings (SSSR count). The van der Waals surface area contributed by atoms with E-state index >= 15 is 0 Å². The zero-order valence-corrected chi connectivity index (χ0v) is 11.8. The van der Waals surface area contributed by atoms with Crippen LogP contribution in [0.4, 0.5) is 0 Å². The number of nitrogens with one attached hydrogen (secondary N) is 1. The number of halogens is 1. The van der Waals surface area contributed by atoms with Crippen LogP contribution in [0.25, 0.3) is 0 Å². The maximum atomic E-state index is 12.1. The maximum absolute atomic E-state index is 12.1. The molecule has 0 aromatic rings. The van der Waals surface area contributed by atoms with E-state index in [2.05, 4.69) is 10.1 Å². The first-order valence-electron chi connectivity index (χ1n) is 6.21. The van der Waals surface area contributed by atoms with Crippen molar-refractivity contribution in [1.82, 2.24) is 5.32 Å². The largest absolute Gasteiger partial charge is 0.467 e. The van der Waals surface area contributed by atoms with E-state index in [-0.39, 0.29) is 18.3 Å². The molecular formula is C12H23ClN2O3. The first kappa shape index (κ1) is 17.2. The third-order valence-electron chi connectivity index (χ3n) is 3.40. The first-order valence-corrected chi connectivity index (χ1v) is 6.21. The summed E-state index contributed by atoms with van der Waals surface area (Å²) in [6.45, 7) is 1.83. The SMILES string of the molecule is CCC(NC(=O)C1(N)CCCCC1)C(=O)OC.Cl. The number of hydrogen-bond acceptors (Lipinski definition) is 4. The second-order valence-corrected chi connectivity index (χ2v) is 4.67. The summed E-state index contributed by atoms with van der Waals surface area (Å²) < 4.78 is 4.63. The molecule has 1 amide bonds. The van der Waals surface area contributed by atoms with Crippen molar-refractivity contribution in [2.45, 2.75) is 57.0 Å². The van der Waals surface area contributed by atoms with E-state index in [1.807, 2.05) is 6.92 Å². The molecule has 1 atom stereocenters. The number of esters is 1. The normalized spacial score (nSPS) is 19.3. The van der Waals surface area contributed by atoms with Crippen LogP contribution in [0.2, 0.25) is 0 Å². The van der Waals surface area contributed by atoms with Gasteiger partial charge in [0.1, 0.15) is 6.04 Å². The average molecular weight is 279 g/mol. The Morgan fingerprint density at radius 1 is 1.33 bits per heavy atom. The molecule has 1 unspecified atom stereocenters. The minimum Gasteiger partial charge on any atom is -0.467 e. The van der Waals surface area contributed by atoms with Crippen LogP contribution in [0, 0.1) is 0 Å². The van der Waals surface area contributed by atoms with Crippen molar-refractivity contribution >= 4 is 24.3 Å². The van der Waals surface area contributed by atoms with Gasteiger partial charge in [0.2, 0.25) is 5.91 Å². The van der Waals surface area contributed by atoms with Crippen LogP contribution in [-0.4, -0.2) is 30.6 Å². The van der Waals surface area contributed by atoms with Crippen LogP contribution in [0.5, 0.6) is 0 Å². The summed E-state index contributed by atoms with van der Waals surface area (Å²) in [5.41, 5.74) is 5.28. The summed E-state index contributed by atoms with van der Waals surface area (Å²) in [6, 6.07) is -0.588. The minimum atomic E-state index is -0.806. The molecule has 5 nitrogen and oxygen atoms in total. The lowest BCUT2D eigenvalue weighted by Gasteiger charge is -2.32. The Balaban J connectivity index is 0.00000289. The van der Waals surface area contributed by atoms with Gasteiger partial charge in [-0.05, 0) is 19.3 Å². The molecule has 0 radical (unpaired) electrons. The number of hydrogen-bond donors (Lipinski definition) is 2. The molecule has 0 aromatic carbocycles. The van der Waals surface area contributed by atoms with Crippen molar-refractivity contribution in [3.8, 4) is 0 Å². The fourth-order valence-corrected chi connectivity index (χ4v) is 2.18. The maximum Gasteiger partial charge on any atom is 0.328 e. The van der Waals surface area contributed by atoms with Crippen molar-refractivity contribution in [1.29, 1.82) is 0 Å². The number of amides is 1. The standard InChI is InChI=1S/C12H22N2O3.ClH/c1-3-9(10(15)17-2)14-11(16)12(13)7-5-4-6-8-12;/h9H,3-8,13H2,1-2H3,(H,14,16);1H. The lowest BCUT2D eigenvalue weighted by atomic mass is 9.81. The summed E-state index contributed by atoms with van der Waals surface area (Å²) >= 11 is 0. The van der Waals surface area contributed by atoms with Gasteiger partial charge in [-0.25, -0.2) is 4.79 Å². The Kier molecular flexibility index (Phi) is 7.25. The zero-order chi connectivity index (χ0) is 12.9. The molecule has 0 bridgehead atoms. The van der Waals surface area contributed by atoms with Gasteiger partial charge in [-0.1, -0.05) is 26.2 Å². The molecule has 1 aliphatic rings. The van der Waals surface area contributed by atoms with Crippen molar-refractivity contribution in [3.63, 3.8) is 0 Å². The Bertz CT molecular complexity index is 291. The number of carbonyl (C=O) groups excluding carboxylic acids is 2. The van der Waals surface area contributed by atoms with Crippen LogP contribution in [0.1, 0.15) is 45.4 Å². The van der Waals surface area contributed by atoms with Crippen LogP contribution in [-0.2, 0) is 14.3 Å². The molecule has 0 aliphatic heterocycles. The third kappa shape index (κ3) is 4.14. The van der Waals surface area contributed by atoms with Gasteiger partial charge in [-0.15, -0.1) is 12.4 Å². The fraction of sp³-hybridized carbons (Fsp3) is 0.833. The molecule has 1 aliphatic carbocycles. The van der Waals surface area contributed by atoms with E-state index < -0.39 is 17.6 Å². The molecule has 1 saturated carbocycles. The topological polar surface area (TPSA) is 81.4 Å². The quantitative estimate of drug-likeness (QED) is 0.756. The number of methoxy groups -OCH3 is 1. The number of ether oxygens (including phenoxy) is 1. The van der Waals surface area contributed by atoms with Crippen LogP contribution >= 0.6 is 12.4 Å². The smallest absolute Gasteiger partial charge is 0.328 e. The molecule has 18 heavy (non-hydrogen) atoms. The van der Waals surface area contributed by atoms with Gasteiger partial charge >= 0.3 is 5.97 Å². The van der Waals surface area contributed by atoms with E-state index in [0.717, 1.165) is 19.3 Å². The van der Waals surface area contributed by atoms with Gasteiger partial charge in [-0.3, -0.25) is 4.79 Å². The summed E-state index contributed by atoms with van der Waals surface area (Å²) in [5, 5.41) is 2.69. The monoisotopic (exact) mass is 278 g/mol. The van der Waals surface area contributed by atoms with E-state index in [1.165, 1.54) is 7.11 Å². The van der Waals surface area contributed by atoms with E-state index in [0.29, 0.717) is 19.3 Å². The fourth-order valence-electron chi connectivity index (χ4n) is 2.18. The lowest BCUT2D eigenvalue weighted by Crippen LogP contribution is -2.58. The van der Waals surface area contributed by atoms with Gasteiger partial charge in [0.05, 0.1) is 12.6 Å². The molecule has 0 aromatic heterocycles. The highest BCUT2D eigenvalue weighted by atomic mass is 35.5. The van der Waals surface area contributed by atoms with Gasteiger partial charge in [0.15, 0.2) is 0 Å². The molecular weight excluding hydrogens is 256 g/mol. The number of rotatable bonds is 4. The first-order chi connectivity index (χ1) is 8.03. The summed E-state index contributed by atoms with van der Waals surface area (Å²) in [7, 11) is 1.32. The highest BCUT2D eigenvalue weighted by Crippen LogP contribution is 2.26. The molecule has 0 saturated heterocycles. The summed E-state index contributed by atoms with van der Waals surface area (Å²) in [5.74, 6) is -0.644. The van der Waals surface area contributed by atoms with E-state index in [9.17, 15) is 9.59 Å². The van der Waals surface area contributed by atoms with Crippen LogP contribution < -0.4 is 11.1 Å². The molecule has 3 N–H and O–H groups in total. The molecule has 106 valence electrons. The van der Waals surface area contributed by atoms with Gasteiger partial charge in [0.25, 0.3) is 0 Å². The lowest BCUT2D eigenvalue weighted by molar-refractivity contribution is -0.146. The van der Waals surface area contributed by atoms with E-state index in [1.54, 1.807) is 0 Å². The third-order valence-corrected chi connectivity index (χ3v) is 3.40. The van der Waals surface area contributed by atoms with Crippen molar-refractivity contribution in [2.75, 3.05) is 7.11 Å². The Morgan fingerprint density at radius 2 is 1.89 bits per heavy atom. The average Bonchev–Trinajstić information content (AvgIpc) is 2.35. The minimum absolute atomic E-state index is 0. The second-order valence-electron chi connectivity index (χ2n) is 4.67. The Labute approximate surface area is 114 Å². The molecule has 6 heteroatoms. The zero-order valence-electron chi connectivity index (χ0n) is 11.0. The predicted octanol–water partition coefficient (Wildman–Crippen LogP) is 1.14. The second kappa shape index (κ2) is 7.59. The summed E-state index contributed by atoms with van der Waals surface area (Å²) in [4.78, 5) is 23.5. The van der Waals surface area contributed by atoms with Gasteiger partial charge in [0, 0.05) is 0 Å².